The highest BCUT2D eigenvalue weighted by Crippen LogP contribution is 2.20. The molecule has 12 heteroatoms. The monoisotopic (exact) mass is 390 g/mol. The summed E-state index contributed by atoms with van der Waals surface area (Å²) in [6.07, 6.45) is 1.13. The van der Waals surface area contributed by atoms with E-state index in [1.807, 2.05) is 0 Å². The number of nitrogens with zero attached hydrogens (tertiary/aromatic N) is 6. The molecule has 2 aromatic rings. The van der Waals surface area contributed by atoms with E-state index in [1.165, 1.54) is 34.5 Å². The van der Waals surface area contributed by atoms with Crippen LogP contribution in [0.2, 0.25) is 0 Å². The summed E-state index contributed by atoms with van der Waals surface area (Å²) < 4.78 is 8.33. The predicted molar refractivity (Wildman–Crippen MR) is 93.4 cm³/mol. The summed E-state index contributed by atoms with van der Waals surface area (Å²) in [5.74, 6) is -0.688. The first kappa shape index (κ1) is 17.9. The van der Waals surface area contributed by atoms with Gasteiger partial charge in [0.25, 0.3) is 11.5 Å². The van der Waals surface area contributed by atoms with Gasteiger partial charge in [0.1, 0.15) is 6.54 Å². The Morgan fingerprint density at radius 2 is 1.96 bits per heavy atom. The first-order valence-corrected chi connectivity index (χ1v) is 8.67. The van der Waals surface area contributed by atoms with Gasteiger partial charge in [-0.25, -0.2) is 19.5 Å². The minimum absolute atomic E-state index is 0.144. The number of aryl methyl sites for hydroxylation is 1. The molecule has 12 nitrogen and oxygen atoms in total. The average molecular weight is 390 g/mol. The van der Waals surface area contributed by atoms with Crippen LogP contribution in [-0.2, 0) is 35.0 Å². The largest absolute Gasteiger partial charge is 0.439 e. The molecule has 0 bridgehead atoms. The number of rotatable bonds is 3. The molecule has 0 saturated carbocycles. The third kappa shape index (κ3) is 2.60. The molecule has 2 aliphatic heterocycles. The van der Waals surface area contributed by atoms with Gasteiger partial charge in [-0.1, -0.05) is 0 Å². The summed E-state index contributed by atoms with van der Waals surface area (Å²) in [7, 11) is 2.86. The highest BCUT2D eigenvalue weighted by Gasteiger charge is 2.41. The maximum atomic E-state index is 12.7. The fourth-order valence-corrected chi connectivity index (χ4v) is 3.66. The lowest BCUT2D eigenvalue weighted by molar-refractivity contribution is -0.132. The lowest BCUT2D eigenvalue weighted by atomic mass is 10.2. The Labute approximate surface area is 157 Å². The van der Waals surface area contributed by atoms with E-state index < -0.39 is 29.3 Å². The van der Waals surface area contributed by atoms with Gasteiger partial charge in [-0.2, -0.15) is 0 Å². The van der Waals surface area contributed by atoms with Crippen molar-refractivity contribution in [3.8, 4) is 0 Å². The molecule has 2 saturated heterocycles. The second-order valence-electron chi connectivity index (χ2n) is 6.85. The van der Waals surface area contributed by atoms with E-state index in [0.29, 0.717) is 13.0 Å². The van der Waals surface area contributed by atoms with Crippen molar-refractivity contribution in [2.24, 2.45) is 14.1 Å². The van der Waals surface area contributed by atoms with Crippen molar-refractivity contribution >= 4 is 29.1 Å². The molecule has 1 atom stereocenters. The Kier molecular flexibility index (Phi) is 4.05. The van der Waals surface area contributed by atoms with Crippen LogP contribution in [0.3, 0.4) is 0 Å². The number of likely N-dealkylation sites (tertiary alicyclic amines) is 1. The van der Waals surface area contributed by atoms with Gasteiger partial charge in [0.2, 0.25) is 5.91 Å². The second-order valence-corrected chi connectivity index (χ2v) is 6.85. The Balaban J connectivity index is 1.55. The topological polar surface area (TPSA) is 129 Å². The van der Waals surface area contributed by atoms with Crippen LogP contribution in [-0.4, -0.2) is 72.1 Å². The maximum Gasteiger partial charge on any atom is 0.417 e. The number of amides is 3. The van der Waals surface area contributed by atoms with Crippen LogP contribution in [0.1, 0.15) is 6.42 Å². The smallest absolute Gasteiger partial charge is 0.417 e. The molecule has 0 spiro atoms. The molecule has 0 N–H and O–H groups in total. The molecular formula is C16H18N6O6. The minimum Gasteiger partial charge on any atom is -0.439 e. The molecule has 4 rings (SSSR count). The van der Waals surface area contributed by atoms with Gasteiger partial charge in [-0.3, -0.25) is 23.5 Å². The van der Waals surface area contributed by atoms with Crippen molar-refractivity contribution in [3.63, 3.8) is 0 Å². The first-order chi connectivity index (χ1) is 13.3. The van der Waals surface area contributed by atoms with Crippen molar-refractivity contribution in [1.29, 1.82) is 0 Å². The predicted octanol–water partition coefficient (Wildman–Crippen LogP) is -1.99. The fourth-order valence-electron chi connectivity index (χ4n) is 3.66. The molecule has 0 aliphatic carbocycles. The number of aromatic nitrogens is 4. The Morgan fingerprint density at radius 3 is 2.64 bits per heavy atom. The van der Waals surface area contributed by atoms with Gasteiger partial charge in [-0.15, -0.1) is 0 Å². The number of carbonyl (C=O) groups excluding carboxylic acids is 3. The summed E-state index contributed by atoms with van der Waals surface area (Å²) >= 11 is 0. The lowest BCUT2D eigenvalue weighted by Gasteiger charge is -2.20. The van der Waals surface area contributed by atoms with E-state index in [0.717, 1.165) is 9.47 Å². The van der Waals surface area contributed by atoms with Crippen LogP contribution in [0.15, 0.2) is 15.9 Å². The lowest BCUT2D eigenvalue weighted by Crippen LogP contribution is -2.42. The van der Waals surface area contributed by atoms with E-state index in [2.05, 4.69) is 4.98 Å². The van der Waals surface area contributed by atoms with Crippen LogP contribution < -0.4 is 11.2 Å². The molecule has 28 heavy (non-hydrogen) atoms. The van der Waals surface area contributed by atoms with Crippen LogP contribution in [0.5, 0.6) is 0 Å². The number of imidazole rings is 1. The van der Waals surface area contributed by atoms with Gasteiger partial charge < -0.3 is 14.2 Å². The molecular weight excluding hydrogens is 372 g/mol. The van der Waals surface area contributed by atoms with E-state index >= 15 is 0 Å². The van der Waals surface area contributed by atoms with Crippen LogP contribution in [0, 0.1) is 0 Å². The quantitative estimate of drug-likeness (QED) is 0.593. The summed E-state index contributed by atoms with van der Waals surface area (Å²) in [6.45, 7) is 0.174. The molecule has 0 aromatic carbocycles. The molecule has 0 radical (unpaired) electrons. The highest BCUT2D eigenvalue weighted by atomic mass is 16.6. The van der Waals surface area contributed by atoms with Crippen molar-refractivity contribution in [3.05, 3.63) is 27.2 Å². The maximum absolute atomic E-state index is 12.7. The second kappa shape index (κ2) is 6.32. The fraction of sp³-hybridized carbons (Fsp3) is 0.500. The van der Waals surface area contributed by atoms with E-state index in [-0.39, 0.29) is 36.8 Å². The van der Waals surface area contributed by atoms with Crippen molar-refractivity contribution in [2.45, 2.75) is 19.0 Å². The number of imide groups is 1. The molecule has 2 aromatic heterocycles. The van der Waals surface area contributed by atoms with Gasteiger partial charge in [0, 0.05) is 27.2 Å². The zero-order valence-electron chi connectivity index (χ0n) is 15.3. The summed E-state index contributed by atoms with van der Waals surface area (Å²) in [5, 5.41) is 0. The minimum atomic E-state index is -0.686. The zero-order valence-corrected chi connectivity index (χ0v) is 15.3. The Hall–Kier alpha value is -3.44. The van der Waals surface area contributed by atoms with Gasteiger partial charge in [0.15, 0.2) is 17.8 Å². The molecule has 2 aliphatic rings. The van der Waals surface area contributed by atoms with Gasteiger partial charge in [0.05, 0.1) is 12.4 Å². The number of fused-ring (bicyclic) bond motifs is 1. The van der Waals surface area contributed by atoms with E-state index in [4.69, 9.17) is 4.74 Å². The number of hydrogen-bond acceptors (Lipinski definition) is 7. The third-order valence-electron chi connectivity index (χ3n) is 5.19. The molecule has 148 valence electrons. The summed E-state index contributed by atoms with van der Waals surface area (Å²) in [4.78, 5) is 67.3. The first-order valence-electron chi connectivity index (χ1n) is 8.67. The number of carbonyl (C=O) groups is 3. The normalized spacial score (nSPS) is 19.7. The van der Waals surface area contributed by atoms with Gasteiger partial charge in [-0.05, 0) is 6.42 Å². The standard InChI is InChI=1S/C16H18N6O6/c1-18-13-12(14(25)19(2)15(18)26)21(8-17-13)6-10(23)20-4-3-9(5-20)22-11(24)7-28-16(22)27/h8-9H,3-7H2,1-2H3/t9-/m0/s1. The average Bonchev–Trinajstić information content (AvgIpc) is 3.37. The molecule has 4 heterocycles. The molecule has 3 amide bonds. The molecule has 2 fully saturated rings. The third-order valence-corrected chi connectivity index (χ3v) is 5.19. The number of ether oxygens (including phenoxy) is 1. The Morgan fingerprint density at radius 1 is 1.21 bits per heavy atom. The molecule has 0 unspecified atom stereocenters. The number of cyclic esters (lactones) is 1. The van der Waals surface area contributed by atoms with Crippen LogP contribution >= 0.6 is 0 Å². The summed E-state index contributed by atoms with van der Waals surface area (Å²) in [5.41, 5.74) is -0.677. The highest BCUT2D eigenvalue weighted by molar-refractivity contribution is 5.98. The van der Waals surface area contributed by atoms with E-state index in [1.54, 1.807) is 0 Å². The Bertz CT molecular complexity index is 1110. The van der Waals surface area contributed by atoms with Crippen molar-refractivity contribution < 1.29 is 19.1 Å². The SMILES string of the molecule is Cn1c(=O)c2c(ncn2CC(=O)N2CC[C@H](N3C(=O)COC3=O)C2)n(C)c1=O. The number of hydrogen-bond donors (Lipinski definition) is 0. The zero-order chi connectivity index (χ0) is 20.2. The van der Waals surface area contributed by atoms with Crippen LogP contribution in [0.4, 0.5) is 4.79 Å². The van der Waals surface area contributed by atoms with E-state index in [9.17, 15) is 24.0 Å². The van der Waals surface area contributed by atoms with Crippen molar-refractivity contribution in [1.82, 2.24) is 28.5 Å². The summed E-state index contributed by atoms with van der Waals surface area (Å²) in [6, 6.07) is -0.417. The van der Waals surface area contributed by atoms with Crippen LogP contribution in [0.25, 0.3) is 11.2 Å². The van der Waals surface area contributed by atoms with Crippen molar-refractivity contribution in [2.75, 3.05) is 19.7 Å². The van der Waals surface area contributed by atoms with Gasteiger partial charge >= 0.3 is 11.8 Å².